The van der Waals surface area contributed by atoms with Gasteiger partial charge in [-0.25, -0.2) is 9.37 Å². The molecule has 2 aromatic carbocycles. The number of hydrogen-bond acceptors (Lipinski definition) is 2. The van der Waals surface area contributed by atoms with Crippen LogP contribution in [0.3, 0.4) is 0 Å². The summed E-state index contributed by atoms with van der Waals surface area (Å²) in [5.74, 6) is -0.295. The number of aryl methyl sites for hydroxylation is 2. The Kier molecular flexibility index (Phi) is 4.82. The van der Waals surface area contributed by atoms with Crippen molar-refractivity contribution in [2.45, 2.75) is 32.5 Å². The molecule has 0 spiro atoms. The molecule has 0 saturated heterocycles. The number of nitrogens with one attached hydrogen (secondary N) is 1. The second kappa shape index (κ2) is 7.43. The van der Waals surface area contributed by atoms with Gasteiger partial charge in [0.25, 0.3) is 0 Å². The quantitative estimate of drug-likeness (QED) is 0.693. The molecule has 3 aromatic rings. The molecule has 0 saturated carbocycles. The Hall–Kier alpha value is -3.21. The molecule has 28 heavy (non-hydrogen) atoms. The Bertz CT molecular complexity index is 1050. The maximum atomic E-state index is 14.3. The summed E-state index contributed by atoms with van der Waals surface area (Å²) < 4.78 is 16.3. The summed E-state index contributed by atoms with van der Waals surface area (Å²) in [5.41, 5.74) is 5.83. The van der Waals surface area contributed by atoms with E-state index in [9.17, 15) is 9.18 Å². The van der Waals surface area contributed by atoms with Crippen molar-refractivity contribution < 1.29 is 9.18 Å². The third-order valence-electron chi connectivity index (χ3n) is 5.10. The lowest BCUT2D eigenvalue weighted by molar-refractivity contribution is -0.117. The molecule has 1 N–H and O–H groups in total. The average molecular weight is 375 g/mol. The smallest absolute Gasteiger partial charge is 0.244 e. The van der Waals surface area contributed by atoms with E-state index in [0.717, 1.165) is 33.6 Å². The molecule has 2 atom stereocenters. The summed E-state index contributed by atoms with van der Waals surface area (Å²) in [5, 5.41) is 2.80. The molecule has 1 aliphatic rings. The average Bonchev–Trinajstić information content (AvgIpc) is 3.23. The van der Waals surface area contributed by atoms with Gasteiger partial charge in [0.1, 0.15) is 6.17 Å². The summed E-state index contributed by atoms with van der Waals surface area (Å²) in [4.78, 5) is 16.6. The van der Waals surface area contributed by atoms with Crippen LogP contribution in [0.25, 0.3) is 11.8 Å². The van der Waals surface area contributed by atoms with Crippen molar-refractivity contribution in [3.05, 3.63) is 89.0 Å². The van der Waals surface area contributed by atoms with Crippen LogP contribution < -0.4 is 5.32 Å². The monoisotopic (exact) mass is 375 g/mol. The van der Waals surface area contributed by atoms with Gasteiger partial charge in [-0.05, 0) is 54.3 Å². The fraction of sp³-hybridized carbons (Fsp3) is 0.217. The molecule has 1 heterocycles. The highest BCUT2D eigenvalue weighted by molar-refractivity contribution is 5.92. The molecular weight excluding hydrogens is 353 g/mol. The minimum atomic E-state index is -1.09. The van der Waals surface area contributed by atoms with Crippen LogP contribution in [-0.2, 0) is 11.2 Å². The van der Waals surface area contributed by atoms with Crippen LogP contribution in [0.5, 0.6) is 0 Å². The number of carbonyl (C=O) groups is 1. The van der Waals surface area contributed by atoms with Crippen molar-refractivity contribution in [3.8, 4) is 5.69 Å². The molecule has 5 heteroatoms. The number of halogens is 1. The van der Waals surface area contributed by atoms with E-state index in [2.05, 4.69) is 10.3 Å². The standard InChI is InChI=1S/C23H22FN3O/c1-15-11-17(7-9-21(15)27-13-16(2)25-14-27)8-10-22(28)26-23-19-6-4-3-5-18(19)12-20(23)24/h3-11,13-14,20,23H,12H2,1-2H3,(H,26,28)/b10-8+/t20-,23?/m1/s1. The second-order valence-electron chi connectivity index (χ2n) is 7.21. The van der Waals surface area contributed by atoms with Gasteiger partial charge in [-0.2, -0.15) is 0 Å². The molecule has 4 rings (SSSR count). The van der Waals surface area contributed by atoms with E-state index in [0.29, 0.717) is 6.42 Å². The first kappa shape index (κ1) is 18.2. The molecular formula is C23H22FN3O. The van der Waals surface area contributed by atoms with Crippen LogP contribution in [0.15, 0.2) is 61.1 Å². The number of benzene rings is 2. The SMILES string of the molecule is Cc1cn(-c2ccc(/C=C/C(=O)NC3c4ccccc4C[C@H]3F)cc2C)cn1. The van der Waals surface area contributed by atoms with Crippen molar-refractivity contribution in [3.63, 3.8) is 0 Å². The van der Waals surface area contributed by atoms with Crippen molar-refractivity contribution >= 4 is 12.0 Å². The zero-order valence-corrected chi connectivity index (χ0v) is 15.9. The van der Waals surface area contributed by atoms with Crippen LogP contribution in [0.2, 0.25) is 0 Å². The highest BCUT2D eigenvalue weighted by Crippen LogP contribution is 2.33. The molecule has 1 aliphatic carbocycles. The normalized spacial score (nSPS) is 18.4. The Morgan fingerprint density at radius 3 is 2.82 bits per heavy atom. The Balaban J connectivity index is 1.46. The number of amides is 1. The number of carbonyl (C=O) groups excluding carboxylic acids is 1. The summed E-state index contributed by atoms with van der Waals surface area (Å²) in [6, 6.07) is 12.9. The summed E-state index contributed by atoms with van der Waals surface area (Å²) >= 11 is 0. The number of fused-ring (bicyclic) bond motifs is 1. The van der Waals surface area contributed by atoms with Gasteiger partial charge in [0.15, 0.2) is 0 Å². The first-order valence-corrected chi connectivity index (χ1v) is 9.33. The third-order valence-corrected chi connectivity index (χ3v) is 5.10. The van der Waals surface area contributed by atoms with Crippen molar-refractivity contribution in [1.82, 2.24) is 14.9 Å². The lowest BCUT2D eigenvalue weighted by Gasteiger charge is -2.15. The van der Waals surface area contributed by atoms with E-state index >= 15 is 0 Å². The predicted molar refractivity (Wildman–Crippen MR) is 108 cm³/mol. The fourth-order valence-electron chi connectivity index (χ4n) is 3.71. The predicted octanol–water partition coefficient (Wildman–Crippen LogP) is 4.25. The highest BCUT2D eigenvalue weighted by atomic mass is 19.1. The number of aromatic nitrogens is 2. The highest BCUT2D eigenvalue weighted by Gasteiger charge is 2.32. The molecule has 0 aliphatic heterocycles. The number of imidazole rings is 1. The molecule has 0 radical (unpaired) electrons. The van der Waals surface area contributed by atoms with Crippen LogP contribution in [-0.4, -0.2) is 21.6 Å². The molecule has 1 unspecified atom stereocenters. The van der Waals surface area contributed by atoms with Gasteiger partial charge in [-0.3, -0.25) is 4.79 Å². The molecule has 0 bridgehead atoms. The molecule has 0 fully saturated rings. The van der Waals surface area contributed by atoms with Crippen molar-refractivity contribution in [2.75, 3.05) is 0 Å². The third kappa shape index (κ3) is 3.60. The zero-order valence-electron chi connectivity index (χ0n) is 15.9. The Morgan fingerprint density at radius 1 is 1.25 bits per heavy atom. The van der Waals surface area contributed by atoms with Crippen LogP contribution in [0.4, 0.5) is 4.39 Å². The minimum absolute atomic E-state index is 0.295. The van der Waals surface area contributed by atoms with Gasteiger partial charge >= 0.3 is 0 Å². The summed E-state index contributed by atoms with van der Waals surface area (Å²) in [7, 11) is 0. The van der Waals surface area contributed by atoms with E-state index in [4.69, 9.17) is 0 Å². The van der Waals surface area contributed by atoms with E-state index in [1.807, 2.05) is 67.1 Å². The molecule has 142 valence electrons. The van der Waals surface area contributed by atoms with Crippen molar-refractivity contribution in [1.29, 1.82) is 0 Å². The second-order valence-corrected chi connectivity index (χ2v) is 7.21. The number of hydrogen-bond donors (Lipinski definition) is 1. The largest absolute Gasteiger partial charge is 0.343 e. The van der Waals surface area contributed by atoms with E-state index < -0.39 is 12.2 Å². The topological polar surface area (TPSA) is 46.9 Å². The lowest BCUT2D eigenvalue weighted by Crippen LogP contribution is -2.30. The molecule has 1 amide bonds. The summed E-state index contributed by atoms with van der Waals surface area (Å²) in [6.07, 6.45) is 6.23. The van der Waals surface area contributed by atoms with Crippen LogP contribution in [0, 0.1) is 13.8 Å². The summed E-state index contributed by atoms with van der Waals surface area (Å²) in [6.45, 7) is 3.97. The van der Waals surface area contributed by atoms with Gasteiger partial charge in [-0.1, -0.05) is 30.3 Å². The maximum Gasteiger partial charge on any atom is 0.244 e. The number of nitrogens with zero attached hydrogens (tertiary/aromatic N) is 2. The lowest BCUT2D eigenvalue weighted by atomic mass is 10.1. The Labute approximate surface area is 163 Å². The number of rotatable bonds is 4. The van der Waals surface area contributed by atoms with E-state index in [1.165, 1.54) is 6.08 Å². The van der Waals surface area contributed by atoms with Gasteiger partial charge in [0, 0.05) is 24.4 Å². The van der Waals surface area contributed by atoms with Crippen LogP contribution in [0.1, 0.15) is 34.0 Å². The van der Waals surface area contributed by atoms with Crippen molar-refractivity contribution in [2.24, 2.45) is 0 Å². The zero-order chi connectivity index (χ0) is 19.7. The van der Waals surface area contributed by atoms with Gasteiger partial charge in [0.05, 0.1) is 18.1 Å². The molecule has 4 nitrogen and oxygen atoms in total. The van der Waals surface area contributed by atoms with Gasteiger partial charge in [-0.15, -0.1) is 0 Å². The Morgan fingerprint density at radius 2 is 2.07 bits per heavy atom. The van der Waals surface area contributed by atoms with Gasteiger partial charge in [0.2, 0.25) is 5.91 Å². The fourth-order valence-corrected chi connectivity index (χ4v) is 3.71. The number of alkyl halides is 1. The maximum absolute atomic E-state index is 14.3. The van der Waals surface area contributed by atoms with E-state index in [-0.39, 0.29) is 5.91 Å². The van der Waals surface area contributed by atoms with Gasteiger partial charge < -0.3 is 9.88 Å². The molecule has 1 aromatic heterocycles. The minimum Gasteiger partial charge on any atom is -0.343 e. The first-order valence-electron chi connectivity index (χ1n) is 9.33. The van der Waals surface area contributed by atoms with E-state index in [1.54, 1.807) is 12.4 Å². The van der Waals surface area contributed by atoms with Crippen LogP contribution >= 0.6 is 0 Å². The first-order chi connectivity index (χ1) is 13.5.